The minimum Gasteiger partial charge on any atom is -0.345 e. The van der Waals surface area contributed by atoms with Crippen LogP contribution in [0.4, 0.5) is 0 Å². The second-order valence-electron chi connectivity index (χ2n) is 9.66. The van der Waals surface area contributed by atoms with E-state index in [1.54, 1.807) is 0 Å². The lowest BCUT2D eigenvalue weighted by Crippen LogP contribution is -2.46. The first-order chi connectivity index (χ1) is 14.6. The van der Waals surface area contributed by atoms with Crippen molar-refractivity contribution in [2.75, 3.05) is 47.8 Å². The molecular weight excluding hydrogens is 384 g/mol. The lowest BCUT2D eigenvalue weighted by atomic mass is 9.88. The Morgan fingerprint density at radius 2 is 1.97 bits per heavy atom. The van der Waals surface area contributed by atoms with Crippen molar-refractivity contribution in [3.05, 3.63) is 36.5 Å². The maximum atomic E-state index is 13.0. The third kappa shape index (κ3) is 10.9. The molecule has 5 heteroatoms. The quantitative estimate of drug-likeness (QED) is 0.363. The fourth-order valence-corrected chi connectivity index (χ4v) is 4.38. The van der Waals surface area contributed by atoms with E-state index in [0.29, 0.717) is 36.9 Å². The number of amides is 1. The van der Waals surface area contributed by atoms with Crippen LogP contribution in [0.5, 0.6) is 0 Å². The van der Waals surface area contributed by atoms with Crippen molar-refractivity contribution in [2.24, 2.45) is 16.8 Å². The Kier molecular flexibility index (Phi) is 12.7. The Bertz CT molecular complexity index is 625. The van der Waals surface area contributed by atoms with Gasteiger partial charge in [0.1, 0.15) is 0 Å². The summed E-state index contributed by atoms with van der Waals surface area (Å²) in [6.07, 6.45) is 13.3. The van der Waals surface area contributed by atoms with Gasteiger partial charge in [-0.3, -0.25) is 14.7 Å². The molecule has 0 N–H and O–H groups in total. The van der Waals surface area contributed by atoms with Crippen LogP contribution in [0.2, 0.25) is 0 Å². The van der Waals surface area contributed by atoms with Crippen molar-refractivity contribution in [2.45, 2.75) is 58.0 Å². The summed E-state index contributed by atoms with van der Waals surface area (Å²) < 4.78 is 0. The van der Waals surface area contributed by atoms with Gasteiger partial charge in [-0.05, 0) is 72.3 Å². The van der Waals surface area contributed by atoms with E-state index in [0.717, 1.165) is 44.3 Å². The van der Waals surface area contributed by atoms with E-state index in [4.69, 9.17) is 0 Å². The summed E-state index contributed by atoms with van der Waals surface area (Å²) in [5.74, 6) is 1.18. The largest absolute Gasteiger partial charge is 0.345 e. The highest BCUT2D eigenvalue weighted by atomic mass is 16.2. The molecule has 1 amide bonds. The fraction of sp³-hybridized carbons (Fsp3) is 0.692. The standard InChI is InChI=1S/C26H46N4O/c1-21-12-10-9-11-13-22(2)17-24(16-21)19-29(7)26(31)15-14-25(20-28(5)6)30(8)23(3)18-27-4/h10-13,22-25H,1,4,9,14-20H2,2-3,5-8H3/b12-10-,13-11+/t22?,23-,24?,25?/m0/s1. The molecular formula is C26H46N4O. The zero-order chi connectivity index (χ0) is 23.4. The summed E-state index contributed by atoms with van der Waals surface area (Å²) >= 11 is 0. The molecule has 4 atom stereocenters. The molecule has 1 aliphatic rings. The van der Waals surface area contributed by atoms with Crippen LogP contribution in [0.25, 0.3) is 0 Å². The van der Waals surface area contributed by atoms with Gasteiger partial charge in [-0.2, -0.15) is 0 Å². The Morgan fingerprint density at radius 1 is 1.26 bits per heavy atom. The SMILES string of the molecule is C=NC[C@H](C)N(C)C(CCC(=O)N(C)CC1CC(=C)/C=C\C/C=C/C(C)C1)CN(C)C. The summed E-state index contributed by atoms with van der Waals surface area (Å²) in [5.41, 5.74) is 1.16. The van der Waals surface area contributed by atoms with Crippen molar-refractivity contribution in [1.82, 2.24) is 14.7 Å². The first kappa shape index (κ1) is 27.3. The molecule has 5 nitrogen and oxygen atoms in total. The van der Waals surface area contributed by atoms with Crippen molar-refractivity contribution < 1.29 is 4.79 Å². The molecule has 0 saturated carbocycles. The molecule has 0 aliphatic heterocycles. The van der Waals surface area contributed by atoms with Crippen molar-refractivity contribution >= 4 is 12.6 Å². The number of rotatable bonds is 11. The topological polar surface area (TPSA) is 39.2 Å². The first-order valence-electron chi connectivity index (χ1n) is 11.7. The highest BCUT2D eigenvalue weighted by Gasteiger charge is 2.23. The summed E-state index contributed by atoms with van der Waals surface area (Å²) in [7, 11) is 8.25. The average Bonchev–Trinajstić information content (AvgIpc) is 2.69. The van der Waals surface area contributed by atoms with E-state index < -0.39 is 0 Å². The molecule has 31 heavy (non-hydrogen) atoms. The van der Waals surface area contributed by atoms with Gasteiger partial charge >= 0.3 is 0 Å². The monoisotopic (exact) mass is 430 g/mol. The van der Waals surface area contributed by atoms with E-state index in [-0.39, 0.29) is 5.91 Å². The van der Waals surface area contributed by atoms with Crippen molar-refractivity contribution in [1.29, 1.82) is 0 Å². The minimum absolute atomic E-state index is 0.230. The van der Waals surface area contributed by atoms with Gasteiger partial charge in [0, 0.05) is 38.6 Å². The molecule has 0 aromatic rings. The maximum absolute atomic E-state index is 13.0. The number of hydrogen-bond acceptors (Lipinski definition) is 4. The molecule has 1 aliphatic carbocycles. The predicted octanol–water partition coefficient (Wildman–Crippen LogP) is 4.28. The molecule has 0 saturated heterocycles. The van der Waals surface area contributed by atoms with Gasteiger partial charge in [-0.25, -0.2) is 0 Å². The highest BCUT2D eigenvalue weighted by Crippen LogP contribution is 2.24. The second kappa shape index (κ2) is 14.4. The first-order valence-corrected chi connectivity index (χ1v) is 11.7. The van der Waals surface area contributed by atoms with Crippen molar-refractivity contribution in [3.63, 3.8) is 0 Å². The van der Waals surface area contributed by atoms with Gasteiger partial charge < -0.3 is 9.80 Å². The third-order valence-corrected chi connectivity index (χ3v) is 6.24. The number of carbonyl (C=O) groups is 1. The second-order valence-corrected chi connectivity index (χ2v) is 9.66. The molecule has 0 heterocycles. The lowest BCUT2D eigenvalue weighted by molar-refractivity contribution is -0.131. The van der Waals surface area contributed by atoms with Crippen LogP contribution in [0.1, 0.15) is 46.0 Å². The number of carbonyl (C=O) groups excluding carboxylic acids is 1. The van der Waals surface area contributed by atoms with Crippen molar-refractivity contribution in [3.8, 4) is 0 Å². The van der Waals surface area contributed by atoms with Crippen LogP contribution >= 0.6 is 0 Å². The molecule has 0 bridgehead atoms. The maximum Gasteiger partial charge on any atom is 0.222 e. The highest BCUT2D eigenvalue weighted by molar-refractivity contribution is 5.75. The number of allylic oxidation sites excluding steroid dienone is 5. The predicted molar refractivity (Wildman–Crippen MR) is 135 cm³/mol. The Morgan fingerprint density at radius 3 is 2.61 bits per heavy atom. The zero-order valence-corrected chi connectivity index (χ0v) is 20.9. The van der Waals surface area contributed by atoms with Crippen LogP contribution in [-0.2, 0) is 4.79 Å². The molecule has 0 spiro atoms. The Balaban J connectivity index is 2.69. The zero-order valence-electron chi connectivity index (χ0n) is 20.9. The Hall–Kier alpha value is -1.72. The summed E-state index contributed by atoms with van der Waals surface area (Å²) in [4.78, 5) is 23.5. The molecule has 0 aromatic heterocycles. The molecule has 0 radical (unpaired) electrons. The van der Waals surface area contributed by atoms with E-state index in [1.807, 2.05) is 11.9 Å². The number of aliphatic imine (C=N–C) groups is 1. The number of hydrogen-bond donors (Lipinski definition) is 0. The molecule has 3 unspecified atom stereocenters. The van der Waals surface area contributed by atoms with Crippen LogP contribution in [0.15, 0.2) is 41.4 Å². The van der Waals surface area contributed by atoms with Gasteiger partial charge in [0.2, 0.25) is 5.91 Å². The van der Waals surface area contributed by atoms with Crippen LogP contribution < -0.4 is 0 Å². The van der Waals surface area contributed by atoms with Crippen LogP contribution in [-0.4, -0.2) is 87.2 Å². The molecule has 0 aromatic carbocycles. The van der Waals surface area contributed by atoms with Gasteiger partial charge in [0.15, 0.2) is 0 Å². The van der Waals surface area contributed by atoms with Crippen LogP contribution in [0, 0.1) is 11.8 Å². The Labute approximate surface area is 191 Å². The summed E-state index contributed by atoms with van der Waals surface area (Å²) in [6.45, 7) is 14.7. The summed E-state index contributed by atoms with van der Waals surface area (Å²) in [5, 5.41) is 0. The van der Waals surface area contributed by atoms with E-state index in [2.05, 4.69) is 87.4 Å². The van der Waals surface area contributed by atoms with Crippen LogP contribution in [0.3, 0.4) is 0 Å². The molecule has 0 fully saturated rings. The average molecular weight is 431 g/mol. The van der Waals surface area contributed by atoms with Gasteiger partial charge in [-0.1, -0.05) is 43.4 Å². The van der Waals surface area contributed by atoms with Gasteiger partial charge in [-0.15, -0.1) is 0 Å². The lowest BCUT2D eigenvalue weighted by Gasteiger charge is -2.34. The van der Waals surface area contributed by atoms with Gasteiger partial charge in [0.25, 0.3) is 0 Å². The normalized spacial score (nSPS) is 23.9. The number of likely N-dealkylation sites (N-methyl/N-ethyl adjacent to an activating group) is 2. The molecule has 176 valence electrons. The van der Waals surface area contributed by atoms with E-state index in [1.165, 1.54) is 0 Å². The number of nitrogens with zero attached hydrogens (tertiary/aromatic N) is 4. The smallest absolute Gasteiger partial charge is 0.222 e. The molecule has 1 rings (SSSR count). The summed E-state index contributed by atoms with van der Waals surface area (Å²) in [6, 6.07) is 0.625. The van der Waals surface area contributed by atoms with E-state index >= 15 is 0 Å². The van der Waals surface area contributed by atoms with Gasteiger partial charge in [0.05, 0.1) is 6.54 Å². The van der Waals surface area contributed by atoms with E-state index in [9.17, 15) is 4.79 Å². The third-order valence-electron chi connectivity index (χ3n) is 6.24. The minimum atomic E-state index is 0.230. The fourth-order valence-electron chi connectivity index (χ4n) is 4.38.